The van der Waals surface area contributed by atoms with Crippen LogP contribution in [0.5, 0.6) is 5.88 Å². The second-order valence-corrected chi connectivity index (χ2v) is 8.20. The van der Waals surface area contributed by atoms with Crippen LogP contribution < -0.4 is 4.87 Å². The molecule has 0 bridgehead atoms. The molecule has 1 saturated heterocycles. The number of aromatic nitrogens is 1. The summed E-state index contributed by atoms with van der Waals surface area (Å²) in [7, 11) is 0. The van der Waals surface area contributed by atoms with E-state index in [4.69, 9.17) is 0 Å². The number of hydrogen-bond acceptors (Lipinski definition) is 5. The number of likely N-dealkylation sites (tertiary alicyclic amines) is 1. The molecule has 2 aliphatic rings. The Morgan fingerprint density at radius 3 is 2.68 bits per heavy atom. The Hall–Kier alpha value is -2.67. The van der Waals surface area contributed by atoms with Crippen LogP contribution in [0.2, 0.25) is 0 Å². The maximum Gasteiger partial charge on any atom is 0.311 e. The van der Waals surface area contributed by atoms with E-state index in [2.05, 4.69) is 4.99 Å². The zero-order valence-corrected chi connectivity index (χ0v) is 16.7. The Bertz CT molecular complexity index is 1020. The van der Waals surface area contributed by atoms with Crippen LogP contribution in [0.4, 0.5) is 5.69 Å². The minimum Gasteiger partial charge on any atom is -0.493 e. The summed E-state index contributed by atoms with van der Waals surface area (Å²) in [6.45, 7) is 3.24. The first-order chi connectivity index (χ1) is 13.5. The minimum absolute atomic E-state index is 0.111. The maximum absolute atomic E-state index is 12.6. The van der Waals surface area contributed by atoms with Gasteiger partial charge in [-0.3, -0.25) is 19.1 Å². The molecule has 0 unspecified atom stereocenters. The molecule has 4 rings (SSSR count). The van der Waals surface area contributed by atoms with Crippen LogP contribution in [0.15, 0.2) is 34.1 Å². The summed E-state index contributed by atoms with van der Waals surface area (Å²) in [4.78, 5) is 31.5. The highest BCUT2D eigenvalue weighted by atomic mass is 32.1. The molecule has 1 aromatic heterocycles. The molecule has 2 aliphatic heterocycles. The average Bonchev–Trinajstić information content (AvgIpc) is 2.99. The number of allylic oxidation sites excluding steroid dienone is 1. The van der Waals surface area contributed by atoms with Gasteiger partial charge >= 0.3 is 4.87 Å². The van der Waals surface area contributed by atoms with Crippen molar-refractivity contribution in [2.75, 3.05) is 13.1 Å². The Kier molecular flexibility index (Phi) is 5.17. The van der Waals surface area contributed by atoms with Crippen LogP contribution in [0.3, 0.4) is 0 Å². The number of amides is 1. The van der Waals surface area contributed by atoms with Crippen molar-refractivity contribution < 1.29 is 9.90 Å². The summed E-state index contributed by atoms with van der Waals surface area (Å²) >= 11 is 0.953. The molecule has 2 aromatic rings. The van der Waals surface area contributed by atoms with Crippen molar-refractivity contribution in [3.05, 3.63) is 44.4 Å². The topological polar surface area (TPSA) is 74.9 Å². The van der Waals surface area contributed by atoms with Gasteiger partial charge in [0.1, 0.15) is 6.54 Å². The van der Waals surface area contributed by atoms with E-state index in [9.17, 15) is 14.7 Å². The molecule has 28 heavy (non-hydrogen) atoms. The van der Waals surface area contributed by atoms with Crippen molar-refractivity contribution in [2.45, 2.75) is 39.2 Å². The zero-order valence-electron chi connectivity index (χ0n) is 15.9. The molecule has 3 heterocycles. The highest BCUT2D eigenvalue weighted by molar-refractivity contribution is 7.10. The normalized spacial score (nSPS) is 18.1. The van der Waals surface area contributed by atoms with Crippen LogP contribution in [-0.4, -0.2) is 39.3 Å². The Balaban J connectivity index is 1.61. The first-order valence-electron chi connectivity index (χ1n) is 9.62. The van der Waals surface area contributed by atoms with Crippen LogP contribution in [0.1, 0.15) is 43.0 Å². The van der Waals surface area contributed by atoms with Gasteiger partial charge in [0.2, 0.25) is 11.8 Å². The van der Waals surface area contributed by atoms with Crippen LogP contribution in [0, 0.1) is 0 Å². The Morgan fingerprint density at radius 2 is 1.93 bits per heavy atom. The third-order valence-corrected chi connectivity index (χ3v) is 6.21. The predicted octanol–water partition coefficient (Wildman–Crippen LogP) is 3.66. The van der Waals surface area contributed by atoms with Gasteiger partial charge in [-0.2, -0.15) is 0 Å². The lowest BCUT2D eigenvalue weighted by Crippen LogP contribution is -2.36. The molecular weight excluding hydrogens is 374 g/mol. The largest absolute Gasteiger partial charge is 0.493 e. The number of nitrogens with zero attached hydrogens (tertiary/aromatic N) is 3. The molecule has 0 saturated carbocycles. The number of para-hydroxylation sites is 1. The standard InChI is InChI=1S/C21H23N3O3S/c1-14-16(15-8-4-5-9-17(15)22-14)12-18-20(26)24(21(27)28-18)13-19(25)23-10-6-2-3-7-11-23/h4-5,8-9,12,26H,2-3,6-7,10-11,13H2,1H3. The molecule has 6 nitrogen and oxygen atoms in total. The SMILES string of the molecule is CC1=Nc2ccccc2C1=Cc1sc(=O)n(CC(=O)N2CCCCCC2)c1O. The van der Waals surface area contributed by atoms with Crippen molar-refractivity contribution >= 4 is 40.3 Å². The smallest absolute Gasteiger partial charge is 0.311 e. The highest BCUT2D eigenvalue weighted by Gasteiger charge is 2.22. The van der Waals surface area contributed by atoms with E-state index < -0.39 is 0 Å². The molecule has 0 spiro atoms. The quantitative estimate of drug-likeness (QED) is 0.859. The summed E-state index contributed by atoms with van der Waals surface area (Å²) in [6.07, 6.45) is 6.04. The van der Waals surface area contributed by atoms with Gasteiger partial charge in [-0.15, -0.1) is 0 Å². The van der Waals surface area contributed by atoms with E-state index in [1.807, 2.05) is 31.2 Å². The van der Waals surface area contributed by atoms with Crippen LogP contribution in [-0.2, 0) is 11.3 Å². The lowest BCUT2D eigenvalue weighted by molar-refractivity contribution is -0.131. The van der Waals surface area contributed by atoms with Crippen molar-refractivity contribution in [1.82, 2.24) is 9.47 Å². The zero-order chi connectivity index (χ0) is 19.7. The van der Waals surface area contributed by atoms with E-state index in [0.717, 1.165) is 72.6 Å². The molecule has 0 radical (unpaired) electrons. The van der Waals surface area contributed by atoms with Crippen molar-refractivity contribution in [1.29, 1.82) is 0 Å². The first kappa shape index (κ1) is 18.7. The number of fused-ring (bicyclic) bond motifs is 1. The van der Waals surface area contributed by atoms with Gasteiger partial charge in [0.05, 0.1) is 10.6 Å². The van der Waals surface area contributed by atoms with Crippen molar-refractivity contribution in [3.8, 4) is 5.88 Å². The maximum atomic E-state index is 12.6. The molecule has 146 valence electrons. The summed E-state index contributed by atoms with van der Waals surface area (Å²) < 4.78 is 1.18. The van der Waals surface area contributed by atoms with E-state index in [1.54, 1.807) is 11.0 Å². The fourth-order valence-corrected chi connectivity index (χ4v) is 4.58. The third kappa shape index (κ3) is 3.54. The molecule has 7 heteroatoms. The minimum atomic E-state index is -0.326. The number of carbonyl (C=O) groups is 1. The highest BCUT2D eigenvalue weighted by Crippen LogP contribution is 2.37. The number of thiazole rings is 1. The number of hydrogen-bond donors (Lipinski definition) is 1. The van der Waals surface area contributed by atoms with E-state index in [1.165, 1.54) is 4.57 Å². The number of aliphatic imine (C=N–C) groups is 1. The number of benzene rings is 1. The van der Waals surface area contributed by atoms with Gasteiger partial charge in [-0.05, 0) is 31.9 Å². The van der Waals surface area contributed by atoms with E-state index in [0.29, 0.717) is 4.88 Å². The number of carbonyl (C=O) groups excluding carboxylic acids is 1. The average molecular weight is 398 g/mol. The summed E-state index contributed by atoms with van der Waals surface area (Å²) in [5.41, 5.74) is 3.59. The van der Waals surface area contributed by atoms with Gasteiger partial charge in [0.15, 0.2) is 0 Å². The molecular formula is C21H23N3O3S. The Labute approximate surface area is 167 Å². The van der Waals surface area contributed by atoms with Gasteiger partial charge in [-0.1, -0.05) is 42.4 Å². The lowest BCUT2D eigenvalue weighted by atomic mass is 10.0. The molecule has 1 amide bonds. The monoisotopic (exact) mass is 397 g/mol. The van der Waals surface area contributed by atoms with Crippen molar-refractivity contribution in [3.63, 3.8) is 0 Å². The molecule has 0 aliphatic carbocycles. The second kappa shape index (κ2) is 7.75. The third-order valence-electron chi connectivity index (χ3n) is 5.29. The van der Waals surface area contributed by atoms with E-state index in [-0.39, 0.29) is 23.2 Å². The molecule has 1 fully saturated rings. The van der Waals surface area contributed by atoms with Gasteiger partial charge in [0, 0.05) is 29.9 Å². The second-order valence-electron chi connectivity index (χ2n) is 7.21. The fourth-order valence-electron chi connectivity index (χ4n) is 3.75. The Morgan fingerprint density at radius 1 is 1.21 bits per heavy atom. The van der Waals surface area contributed by atoms with Crippen LogP contribution in [0.25, 0.3) is 11.6 Å². The fraction of sp³-hybridized carbons (Fsp3) is 0.381. The van der Waals surface area contributed by atoms with Crippen LogP contribution >= 0.6 is 11.3 Å². The first-order valence-corrected chi connectivity index (χ1v) is 10.4. The molecule has 1 N–H and O–H groups in total. The lowest BCUT2D eigenvalue weighted by Gasteiger charge is -2.20. The van der Waals surface area contributed by atoms with Gasteiger partial charge in [0.25, 0.3) is 0 Å². The molecule has 1 aromatic carbocycles. The summed E-state index contributed by atoms with van der Waals surface area (Å²) in [5, 5.41) is 10.6. The number of aromatic hydroxyl groups is 1. The van der Waals surface area contributed by atoms with Gasteiger partial charge in [-0.25, -0.2) is 0 Å². The van der Waals surface area contributed by atoms with Crippen molar-refractivity contribution in [2.24, 2.45) is 4.99 Å². The predicted molar refractivity (Wildman–Crippen MR) is 112 cm³/mol. The summed E-state index contributed by atoms with van der Waals surface area (Å²) in [5.74, 6) is -0.261. The van der Waals surface area contributed by atoms with E-state index >= 15 is 0 Å². The van der Waals surface area contributed by atoms with Gasteiger partial charge < -0.3 is 10.0 Å². The summed E-state index contributed by atoms with van der Waals surface area (Å²) in [6, 6.07) is 7.78. The number of rotatable bonds is 3. The molecule has 0 atom stereocenters.